The number of nitrogens with zero attached hydrogens (tertiary/aromatic N) is 2. The quantitative estimate of drug-likeness (QED) is 0.823. The highest BCUT2D eigenvalue weighted by Gasteiger charge is 2.32. The Morgan fingerprint density at radius 1 is 1.17 bits per heavy atom. The van der Waals surface area contributed by atoms with Crippen LogP contribution in [0, 0.1) is 11.3 Å². The van der Waals surface area contributed by atoms with E-state index >= 15 is 0 Å². The van der Waals surface area contributed by atoms with Crippen LogP contribution in [0.3, 0.4) is 0 Å². The van der Waals surface area contributed by atoms with Crippen molar-refractivity contribution in [3.05, 3.63) is 0 Å². The molecule has 1 fully saturated rings. The second-order valence-electron chi connectivity index (χ2n) is 6.86. The molecule has 0 aromatic rings. The Labute approximate surface area is 111 Å². The van der Waals surface area contributed by atoms with Crippen LogP contribution in [0.1, 0.15) is 34.6 Å². The molecule has 0 radical (unpaired) electrons. The monoisotopic (exact) mass is 255 g/mol. The van der Waals surface area contributed by atoms with Gasteiger partial charge in [-0.05, 0) is 11.3 Å². The summed E-state index contributed by atoms with van der Waals surface area (Å²) in [6, 6.07) is -0.394. The van der Waals surface area contributed by atoms with E-state index in [9.17, 15) is 4.79 Å². The van der Waals surface area contributed by atoms with Crippen molar-refractivity contribution in [3.8, 4) is 0 Å². The average Bonchev–Trinajstić information content (AvgIpc) is 2.26. The smallest absolute Gasteiger partial charge is 0.240 e. The lowest BCUT2D eigenvalue weighted by atomic mass is 9.86. The second kappa shape index (κ2) is 6.02. The molecule has 1 aliphatic rings. The first-order chi connectivity index (χ1) is 8.21. The first-order valence-electron chi connectivity index (χ1n) is 6.98. The van der Waals surface area contributed by atoms with Crippen molar-refractivity contribution in [1.29, 1.82) is 0 Å². The number of piperazine rings is 1. The van der Waals surface area contributed by atoms with Crippen LogP contribution in [0.4, 0.5) is 0 Å². The molecular formula is C14H29N3O. The molecule has 2 N–H and O–H groups in total. The predicted octanol–water partition coefficient (Wildman–Crippen LogP) is 1.16. The number of rotatable bonds is 3. The van der Waals surface area contributed by atoms with Crippen LogP contribution in [0.5, 0.6) is 0 Å². The normalized spacial score (nSPS) is 20.3. The zero-order valence-corrected chi connectivity index (χ0v) is 12.6. The maximum Gasteiger partial charge on any atom is 0.240 e. The number of hydrogen-bond acceptors (Lipinski definition) is 3. The van der Waals surface area contributed by atoms with E-state index < -0.39 is 6.04 Å². The Balaban J connectivity index is 2.45. The minimum absolute atomic E-state index is 0.103. The molecule has 1 aliphatic heterocycles. The van der Waals surface area contributed by atoms with Gasteiger partial charge in [0, 0.05) is 32.7 Å². The van der Waals surface area contributed by atoms with Crippen LogP contribution in [0.25, 0.3) is 0 Å². The highest BCUT2D eigenvalue weighted by atomic mass is 16.2. The van der Waals surface area contributed by atoms with E-state index in [1.54, 1.807) is 0 Å². The predicted molar refractivity (Wildman–Crippen MR) is 75.3 cm³/mol. The maximum absolute atomic E-state index is 12.3. The summed E-state index contributed by atoms with van der Waals surface area (Å²) in [5.74, 6) is 0.788. The fraction of sp³-hybridized carbons (Fsp3) is 0.929. The maximum atomic E-state index is 12.3. The van der Waals surface area contributed by atoms with E-state index in [1.807, 2.05) is 25.7 Å². The van der Waals surface area contributed by atoms with Crippen molar-refractivity contribution >= 4 is 5.91 Å². The van der Waals surface area contributed by atoms with Gasteiger partial charge in [-0.1, -0.05) is 34.6 Å². The third kappa shape index (κ3) is 4.25. The van der Waals surface area contributed by atoms with Gasteiger partial charge in [0.1, 0.15) is 0 Å². The fourth-order valence-electron chi connectivity index (χ4n) is 2.23. The lowest BCUT2D eigenvalue weighted by molar-refractivity contribution is -0.136. The molecule has 0 saturated carbocycles. The summed E-state index contributed by atoms with van der Waals surface area (Å²) in [7, 11) is 0. The van der Waals surface area contributed by atoms with Gasteiger partial charge in [0.2, 0.25) is 5.91 Å². The summed E-state index contributed by atoms with van der Waals surface area (Å²) in [5.41, 5.74) is 5.88. The van der Waals surface area contributed by atoms with Crippen LogP contribution in [0.15, 0.2) is 0 Å². The third-order valence-electron chi connectivity index (χ3n) is 3.51. The molecule has 106 valence electrons. The first-order valence-corrected chi connectivity index (χ1v) is 6.98. The van der Waals surface area contributed by atoms with Gasteiger partial charge in [0.25, 0.3) is 0 Å². The van der Waals surface area contributed by atoms with Crippen LogP contribution in [-0.2, 0) is 4.79 Å². The molecule has 0 aliphatic carbocycles. The molecule has 18 heavy (non-hydrogen) atoms. The van der Waals surface area contributed by atoms with Crippen molar-refractivity contribution < 1.29 is 4.79 Å². The van der Waals surface area contributed by atoms with E-state index in [2.05, 4.69) is 18.7 Å². The third-order valence-corrected chi connectivity index (χ3v) is 3.51. The summed E-state index contributed by atoms with van der Waals surface area (Å²) < 4.78 is 0. The van der Waals surface area contributed by atoms with Gasteiger partial charge in [0.15, 0.2) is 0 Å². The van der Waals surface area contributed by atoms with Gasteiger partial charge < -0.3 is 10.6 Å². The van der Waals surface area contributed by atoms with E-state index in [0.717, 1.165) is 32.7 Å². The van der Waals surface area contributed by atoms with E-state index in [4.69, 9.17) is 5.73 Å². The number of nitrogens with two attached hydrogens (primary N) is 1. The zero-order valence-electron chi connectivity index (χ0n) is 12.6. The number of amides is 1. The average molecular weight is 255 g/mol. The molecule has 4 nitrogen and oxygen atoms in total. The Bertz CT molecular complexity index is 275. The SMILES string of the molecule is CC(C)CN1CCN(C(=O)[C@@H](N)C(C)(C)C)CC1. The number of carbonyl (C=O) groups excluding carboxylic acids is 1. The number of carbonyl (C=O) groups is 1. The van der Waals surface area contributed by atoms with Gasteiger partial charge >= 0.3 is 0 Å². The Morgan fingerprint density at radius 3 is 2.06 bits per heavy atom. The van der Waals surface area contributed by atoms with Crippen molar-refractivity contribution in [2.75, 3.05) is 32.7 Å². The summed E-state index contributed by atoms with van der Waals surface area (Å²) >= 11 is 0. The largest absolute Gasteiger partial charge is 0.339 e. The van der Waals surface area contributed by atoms with Gasteiger partial charge in [-0.15, -0.1) is 0 Å². The van der Waals surface area contributed by atoms with Crippen molar-refractivity contribution in [1.82, 2.24) is 9.80 Å². The lowest BCUT2D eigenvalue weighted by Gasteiger charge is -2.38. The van der Waals surface area contributed by atoms with Gasteiger partial charge in [-0.2, -0.15) is 0 Å². The molecule has 1 saturated heterocycles. The van der Waals surface area contributed by atoms with Crippen LogP contribution >= 0.6 is 0 Å². The Kier molecular flexibility index (Phi) is 5.17. The van der Waals surface area contributed by atoms with Crippen LogP contribution in [-0.4, -0.2) is 54.5 Å². The molecule has 1 heterocycles. The van der Waals surface area contributed by atoms with E-state index in [0.29, 0.717) is 5.92 Å². The standard InChI is InChI=1S/C14H29N3O/c1-11(2)10-16-6-8-17(9-7-16)13(18)12(15)14(3,4)5/h11-12H,6-10,15H2,1-5H3/t12-/m1/s1. The highest BCUT2D eigenvalue weighted by Crippen LogP contribution is 2.19. The molecule has 1 atom stereocenters. The summed E-state index contributed by atoms with van der Waals surface area (Å²) in [4.78, 5) is 16.6. The van der Waals surface area contributed by atoms with Crippen molar-refractivity contribution in [2.24, 2.45) is 17.1 Å². The molecule has 1 rings (SSSR count). The Morgan fingerprint density at radius 2 is 1.67 bits per heavy atom. The van der Waals surface area contributed by atoms with Gasteiger partial charge in [-0.25, -0.2) is 0 Å². The minimum atomic E-state index is -0.394. The molecule has 4 heteroatoms. The van der Waals surface area contributed by atoms with Gasteiger partial charge in [-0.3, -0.25) is 9.69 Å². The zero-order chi connectivity index (χ0) is 13.9. The van der Waals surface area contributed by atoms with E-state index in [1.165, 1.54) is 0 Å². The van der Waals surface area contributed by atoms with Gasteiger partial charge in [0.05, 0.1) is 6.04 Å². The molecule has 0 unspecified atom stereocenters. The summed E-state index contributed by atoms with van der Waals surface area (Å²) in [6.45, 7) is 15.2. The topological polar surface area (TPSA) is 49.6 Å². The molecule has 0 aromatic carbocycles. The van der Waals surface area contributed by atoms with E-state index in [-0.39, 0.29) is 11.3 Å². The molecule has 0 bridgehead atoms. The Hall–Kier alpha value is -0.610. The molecular weight excluding hydrogens is 226 g/mol. The molecule has 0 aromatic heterocycles. The summed E-state index contributed by atoms with van der Waals surface area (Å²) in [6.07, 6.45) is 0. The lowest BCUT2D eigenvalue weighted by Crippen LogP contribution is -2.56. The first kappa shape index (κ1) is 15.4. The highest BCUT2D eigenvalue weighted by molar-refractivity contribution is 5.82. The minimum Gasteiger partial charge on any atom is -0.339 e. The fourth-order valence-corrected chi connectivity index (χ4v) is 2.23. The molecule has 0 spiro atoms. The number of hydrogen-bond donors (Lipinski definition) is 1. The van der Waals surface area contributed by atoms with Crippen molar-refractivity contribution in [3.63, 3.8) is 0 Å². The molecule has 1 amide bonds. The van der Waals surface area contributed by atoms with Crippen LogP contribution < -0.4 is 5.73 Å². The summed E-state index contributed by atoms with van der Waals surface area (Å²) in [5, 5.41) is 0. The van der Waals surface area contributed by atoms with Crippen LogP contribution in [0.2, 0.25) is 0 Å². The van der Waals surface area contributed by atoms with Crippen molar-refractivity contribution in [2.45, 2.75) is 40.7 Å². The second-order valence-corrected chi connectivity index (χ2v) is 6.86.